The third-order valence-electron chi connectivity index (χ3n) is 7.42. The Labute approximate surface area is 143 Å². The molecule has 4 aliphatic carbocycles. The lowest BCUT2D eigenvalue weighted by atomic mass is 9.81. The second-order valence-electron chi connectivity index (χ2n) is 8.39. The number of amides is 4. The molecule has 7 rings (SSSR count). The van der Waals surface area contributed by atoms with Gasteiger partial charge in [0.2, 0.25) is 23.6 Å². The van der Waals surface area contributed by atoms with Gasteiger partial charge in [-0.15, -0.1) is 0 Å². The molecule has 0 aromatic carbocycles. The predicted molar refractivity (Wildman–Crippen MR) is 81.3 cm³/mol. The molecule has 3 aliphatic heterocycles. The second-order valence-corrected chi connectivity index (χ2v) is 8.39. The van der Waals surface area contributed by atoms with E-state index in [9.17, 15) is 19.2 Å². The Hall–Kier alpha value is -2.02. The van der Waals surface area contributed by atoms with Crippen LogP contribution < -0.4 is 10.6 Å². The standard InChI is InChI=1S/C9H9NO3.C9H9NO2/c11-8-4-2-1-3(7-6(2)13-7)5(4)9(12)10-8;11-8-6-4-1-2-5(3-4)7(6)9(12)10-8/h2-7H,1H2,(H,10,11,12);1-2,4-7H,3H2,(H,10,11,12)/t2?,3?,4?,5?,6-,7?;/m0./s1. The number of fused-ring (bicyclic) bond motifs is 13. The Balaban J connectivity index is 0.000000103. The van der Waals surface area contributed by atoms with Crippen molar-refractivity contribution < 1.29 is 23.9 Å². The van der Waals surface area contributed by atoms with Gasteiger partial charge in [-0.25, -0.2) is 0 Å². The predicted octanol–water partition coefficient (Wildman–Crippen LogP) is -0.627. The number of ether oxygens (including phenoxy) is 1. The molecule has 7 aliphatic rings. The second kappa shape index (κ2) is 4.38. The zero-order valence-electron chi connectivity index (χ0n) is 13.4. The molecule has 9 unspecified atom stereocenters. The highest BCUT2D eigenvalue weighted by Crippen LogP contribution is 2.62. The molecule has 7 heteroatoms. The molecule has 10 atom stereocenters. The lowest BCUT2D eigenvalue weighted by Gasteiger charge is -2.15. The first-order chi connectivity index (χ1) is 12.0. The normalized spacial score (nSPS) is 54.7. The SMILES string of the molecule is O=C1NC(=O)C2C1C1CC2[C@@H]2OC12.O=C1NC(=O)C2C3C=CC(C3)C12. The molecule has 3 heterocycles. The topological polar surface area (TPSA) is 105 Å². The summed E-state index contributed by atoms with van der Waals surface area (Å²) in [4.78, 5) is 45.4. The van der Waals surface area contributed by atoms with Crippen LogP contribution >= 0.6 is 0 Å². The largest absolute Gasteiger partial charge is 0.369 e. The minimum absolute atomic E-state index is 0.0347. The molecular weight excluding hydrogens is 324 g/mol. The Bertz CT molecular complexity index is 717. The van der Waals surface area contributed by atoms with Crippen molar-refractivity contribution in [3.8, 4) is 0 Å². The van der Waals surface area contributed by atoms with Gasteiger partial charge in [0, 0.05) is 11.8 Å². The molecule has 6 fully saturated rings. The summed E-state index contributed by atoms with van der Waals surface area (Å²) >= 11 is 0. The number of hydrogen-bond acceptors (Lipinski definition) is 5. The van der Waals surface area contributed by atoms with Gasteiger partial charge in [-0.1, -0.05) is 12.2 Å². The van der Waals surface area contributed by atoms with Crippen molar-refractivity contribution in [3.63, 3.8) is 0 Å². The lowest BCUT2D eigenvalue weighted by molar-refractivity contribution is -0.128. The summed E-state index contributed by atoms with van der Waals surface area (Å²) < 4.78 is 5.44. The van der Waals surface area contributed by atoms with E-state index in [2.05, 4.69) is 22.8 Å². The minimum atomic E-state index is -0.0588. The fraction of sp³-hybridized carbons (Fsp3) is 0.667. The molecule has 130 valence electrons. The van der Waals surface area contributed by atoms with E-state index in [0.29, 0.717) is 35.9 Å². The van der Waals surface area contributed by atoms with Crippen LogP contribution in [-0.4, -0.2) is 35.8 Å². The highest BCUT2D eigenvalue weighted by Gasteiger charge is 2.72. The summed E-state index contributed by atoms with van der Waals surface area (Å²) in [6.07, 6.45) is 6.83. The van der Waals surface area contributed by atoms with Crippen LogP contribution in [0.25, 0.3) is 0 Å². The fourth-order valence-corrected chi connectivity index (χ4v) is 6.47. The summed E-state index contributed by atoms with van der Waals surface area (Å²) in [5.74, 6) is 0.954. The molecule has 25 heavy (non-hydrogen) atoms. The summed E-state index contributed by atoms with van der Waals surface area (Å²) in [5, 5.41) is 4.83. The average molecular weight is 342 g/mol. The van der Waals surface area contributed by atoms with Crippen LogP contribution in [0.5, 0.6) is 0 Å². The maximum atomic E-state index is 11.4. The molecule has 0 radical (unpaired) electrons. The van der Waals surface area contributed by atoms with Gasteiger partial charge in [0.25, 0.3) is 0 Å². The third-order valence-corrected chi connectivity index (χ3v) is 7.42. The Morgan fingerprint density at radius 3 is 1.60 bits per heavy atom. The number of carbonyl (C=O) groups excluding carboxylic acids is 4. The quantitative estimate of drug-likeness (QED) is 0.347. The number of nitrogens with one attached hydrogen (secondary N) is 2. The lowest BCUT2D eigenvalue weighted by Crippen LogP contribution is -2.29. The Morgan fingerprint density at radius 1 is 0.680 bits per heavy atom. The van der Waals surface area contributed by atoms with Crippen LogP contribution in [0.1, 0.15) is 12.8 Å². The van der Waals surface area contributed by atoms with Gasteiger partial charge >= 0.3 is 0 Å². The highest BCUT2D eigenvalue weighted by molar-refractivity contribution is 6.06. The van der Waals surface area contributed by atoms with Crippen LogP contribution in [-0.2, 0) is 23.9 Å². The molecular formula is C18H18N2O5. The zero-order chi connectivity index (χ0) is 17.0. The fourth-order valence-electron chi connectivity index (χ4n) is 6.47. The van der Waals surface area contributed by atoms with E-state index in [1.165, 1.54) is 0 Å². The van der Waals surface area contributed by atoms with Crippen molar-refractivity contribution in [1.29, 1.82) is 0 Å². The molecule has 0 aromatic heterocycles. The van der Waals surface area contributed by atoms with Crippen molar-refractivity contribution in [2.45, 2.75) is 25.0 Å². The number of rotatable bonds is 0. The van der Waals surface area contributed by atoms with Gasteiger partial charge in [0.1, 0.15) is 0 Å². The maximum Gasteiger partial charge on any atom is 0.231 e. The Kier molecular flexibility index (Phi) is 2.49. The van der Waals surface area contributed by atoms with E-state index in [-0.39, 0.29) is 47.3 Å². The smallest absolute Gasteiger partial charge is 0.231 e. The Morgan fingerprint density at radius 2 is 1.12 bits per heavy atom. The van der Waals surface area contributed by atoms with Crippen molar-refractivity contribution >= 4 is 23.6 Å². The first-order valence-corrected chi connectivity index (χ1v) is 9.08. The van der Waals surface area contributed by atoms with Crippen LogP contribution in [0.4, 0.5) is 0 Å². The molecule has 3 saturated carbocycles. The average Bonchev–Trinajstić information content (AvgIpc) is 3.09. The van der Waals surface area contributed by atoms with Crippen LogP contribution in [0.3, 0.4) is 0 Å². The van der Waals surface area contributed by atoms with Crippen molar-refractivity contribution in [2.75, 3.05) is 0 Å². The van der Waals surface area contributed by atoms with E-state index in [4.69, 9.17) is 4.74 Å². The van der Waals surface area contributed by atoms with E-state index in [1.54, 1.807) is 0 Å². The highest BCUT2D eigenvalue weighted by atomic mass is 16.6. The van der Waals surface area contributed by atoms with E-state index in [1.807, 2.05) is 0 Å². The van der Waals surface area contributed by atoms with E-state index >= 15 is 0 Å². The first kappa shape index (κ1) is 14.2. The monoisotopic (exact) mass is 342 g/mol. The van der Waals surface area contributed by atoms with Gasteiger partial charge in [-0.05, 0) is 24.7 Å². The summed E-state index contributed by atoms with van der Waals surface area (Å²) in [6, 6.07) is 0. The minimum Gasteiger partial charge on any atom is -0.369 e. The van der Waals surface area contributed by atoms with Gasteiger partial charge < -0.3 is 4.74 Å². The molecule has 4 bridgehead atoms. The number of epoxide rings is 1. The van der Waals surface area contributed by atoms with Gasteiger partial charge in [-0.3, -0.25) is 29.8 Å². The van der Waals surface area contributed by atoms with Crippen molar-refractivity contribution in [2.24, 2.45) is 47.3 Å². The van der Waals surface area contributed by atoms with E-state index in [0.717, 1.165) is 12.8 Å². The number of carbonyl (C=O) groups is 4. The molecule has 0 spiro atoms. The number of allylic oxidation sites excluding steroid dienone is 2. The van der Waals surface area contributed by atoms with Crippen LogP contribution in [0, 0.1) is 47.3 Å². The molecule has 2 N–H and O–H groups in total. The summed E-state index contributed by atoms with van der Waals surface area (Å²) in [7, 11) is 0. The molecule has 0 aromatic rings. The van der Waals surface area contributed by atoms with Gasteiger partial charge in [-0.2, -0.15) is 0 Å². The van der Waals surface area contributed by atoms with Crippen molar-refractivity contribution in [3.05, 3.63) is 12.2 Å². The summed E-state index contributed by atoms with van der Waals surface area (Å²) in [6.45, 7) is 0. The maximum absolute atomic E-state index is 11.4. The summed E-state index contributed by atoms with van der Waals surface area (Å²) in [5.41, 5.74) is 0. The van der Waals surface area contributed by atoms with Crippen LogP contribution in [0.2, 0.25) is 0 Å². The molecule has 4 amide bonds. The van der Waals surface area contributed by atoms with Gasteiger partial charge in [0.15, 0.2) is 0 Å². The van der Waals surface area contributed by atoms with Crippen molar-refractivity contribution in [1.82, 2.24) is 10.6 Å². The van der Waals surface area contributed by atoms with Crippen LogP contribution in [0.15, 0.2) is 12.2 Å². The van der Waals surface area contributed by atoms with Gasteiger partial charge in [0.05, 0.1) is 35.9 Å². The van der Waals surface area contributed by atoms with E-state index < -0.39 is 0 Å². The number of hydrogen-bond donors (Lipinski definition) is 2. The first-order valence-electron chi connectivity index (χ1n) is 9.08. The third kappa shape index (κ3) is 1.65. The molecule has 7 nitrogen and oxygen atoms in total. The zero-order valence-corrected chi connectivity index (χ0v) is 13.4. The number of imide groups is 2. The molecule has 3 saturated heterocycles.